The van der Waals surface area contributed by atoms with E-state index in [0.29, 0.717) is 40.8 Å². The second kappa shape index (κ2) is 28.5. The van der Waals surface area contributed by atoms with Gasteiger partial charge in [0.15, 0.2) is 0 Å². The molecule has 0 heterocycles. The minimum Gasteiger partial charge on any atom is -0.872 e. The number of phenolic OH excluding ortho intramolecular Hbond substituents is 2. The molecule has 0 aliphatic heterocycles. The Hall–Kier alpha value is -4.03. The van der Waals surface area contributed by atoms with Gasteiger partial charge in [0, 0.05) is 58.4 Å². The first-order valence-corrected chi connectivity index (χ1v) is 21.7. The molecule has 1 aliphatic carbocycles. The molecule has 7 rings (SSSR count). The Morgan fingerprint density at radius 2 is 0.817 bits per heavy atom. The molecule has 8 bridgehead atoms. The topological polar surface area (TPSA) is 72.8 Å². The first-order valence-electron chi connectivity index (χ1n) is 20.3. The SMILES string of the molecule is C.C.CC.CC.CC.CCSC.[CH2-]Oc1c2cc(-c3ccccc3)cc1Cc1cc(C)cc(c1O)Cc1cc(-c3ccccc3)cc(c1[O-])Cc1cc(C)cc(c1O)C2.[Y]. The fourth-order valence-electron chi connectivity index (χ4n) is 7.04. The molecular weight excluding hydrogens is 834 g/mol. The Labute approximate surface area is 393 Å². The van der Waals surface area contributed by atoms with Crippen LogP contribution in [0.5, 0.6) is 23.0 Å². The summed E-state index contributed by atoms with van der Waals surface area (Å²) in [4.78, 5) is 0. The van der Waals surface area contributed by atoms with E-state index in [-0.39, 0.29) is 77.7 Å². The van der Waals surface area contributed by atoms with Crippen molar-refractivity contribution in [3.05, 3.63) is 172 Å². The van der Waals surface area contributed by atoms with Crippen molar-refractivity contribution < 1.29 is 52.8 Å². The number of ether oxygens (including phenoxy) is 1. The quantitative estimate of drug-likeness (QED) is 0.172. The summed E-state index contributed by atoms with van der Waals surface area (Å²) in [5.41, 5.74) is 11.8. The van der Waals surface area contributed by atoms with E-state index in [1.54, 1.807) is 0 Å². The predicted octanol–water partition coefficient (Wildman–Crippen LogP) is 14.7. The van der Waals surface area contributed by atoms with Crippen LogP contribution in [-0.2, 0) is 58.4 Å². The summed E-state index contributed by atoms with van der Waals surface area (Å²) in [6.07, 6.45) is 3.42. The second-order valence-corrected chi connectivity index (χ2v) is 14.4. The molecule has 0 saturated heterocycles. The summed E-state index contributed by atoms with van der Waals surface area (Å²) in [7, 11) is 3.83. The average molecular weight is 904 g/mol. The Balaban J connectivity index is 0.00000247. The summed E-state index contributed by atoms with van der Waals surface area (Å²) in [6, 6.07) is 36.1. The van der Waals surface area contributed by atoms with Gasteiger partial charge in [-0.05, 0) is 93.6 Å². The number of phenols is 2. The van der Waals surface area contributed by atoms with Crippen molar-refractivity contribution in [1.29, 1.82) is 0 Å². The van der Waals surface area contributed by atoms with E-state index in [2.05, 4.69) is 44.6 Å². The Morgan fingerprint density at radius 1 is 0.533 bits per heavy atom. The molecule has 6 aromatic carbocycles. The number of aromatic hydroxyl groups is 2. The van der Waals surface area contributed by atoms with Gasteiger partial charge in [-0.1, -0.05) is 183 Å². The number of hydrogen-bond acceptors (Lipinski definition) is 5. The van der Waals surface area contributed by atoms with Crippen molar-refractivity contribution in [3.63, 3.8) is 0 Å². The van der Waals surface area contributed by atoms with Crippen LogP contribution in [0, 0.1) is 21.0 Å². The zero-order chi connectivity index (χ0) is 42.1. The molecule has 60 heavy (non-hydrogen) atoms. The van der Waals surface area contributed by atoms with E-state index < -0.39 is 0 Å². The molecule has 6 heteroatoms. The molecule has 0 aromatic heterocycles. The molecule has 4 nitrogen and oxygen atoms in total. The van der Waals surface area contributed by atoms with Crippen LogP contribution in [0.25, 0.3) is 22.3 Å². The maximum Gasteiger partial charge on any atom is 0.122 e. The molecule has 0 saturated carbocycles. The van der Waals surface area contributed by atoms with Gasteiger partial charge in [0.25, 0.3) is 0 Å². The molecule has 1 aliphatic rings. The van der Waals surface area contributed by atoms with Gasteiger partial charge < -0.3 is 20.1 Å². The van der Waals surface area contributed by atoms with Crippen molar-refractivity contribution in [2.75, 3.05) is 12.0 Å². The van der Waals surface area contributed by atoms with Gasteiger partial charge in [0.05, 0.1) is 5.75 Å². The number of fused-ring (bicyclic) bond motifs is 8. The Kier molecular flexibility index (Phi) is 26.6. The van der Waals surface area contributed by atoms with Crippen molar-refractivity contribution in [2.45, 2.75) is 103 Å². The summed E-state index contributed by atoms with van der Waals surface area (Å²) >= 11 is 1.86. The molecule has 0 unspecified atom stereocenters. The van der Waals surface area contributed by atoms with Gasteiger partial charge >= 0.3 is 0 Å². The smallest absolute Gasteiger partial charge is 0.122 e. The Bertz CT molecular complexity index is 2060. The van der Waals surface area contributed by atoms with Crippen molar-refractivity contribution in [3.8, 4) is 45.3 Å². The minimum absolute atomic E-state index is 0. The molecule has 2 N–H and O–H groups in total. The van der Waals surface area contributed by atoms with Crippen LogP contribution in [-0.4, -0.2) is 22.2 Å². The molecule has 0 spiro atoms. The summed E-state index contributed by atoms with van der Waals surface area (Å²) in [6.45, 7) is 18.2. The van der Waals surface area contributed by atoms with E-state index in [1.165, 1.54) is 5.75 Å². The molecule has 6 aromatic rings. The van der Waals surface area contributed by atoms with Gasteiger partial charge in [0.1, 0.15) is 11.5 Å². The standard InChI is InChI=1S/C43H37O4.C3H8S.3C2H6.2CH4.Y/c1-26-14-32-22-36-18-30(28-10-6-4-7-11-28)19-37(42(36)46)23-33-15-27(2)17-35(41(33)45)25-39-21-31(29-12-8-5-9-13-29)20-38(43(39)47-3)24-34(16-26)40(32)44;1-3-4-2;3*1-2;;;/h4-21,44-46H,3,22-25H2,1-2H3;3H2,1-2H3;3*1-2H3;2*1H4;/q-1;;;;;;;/p-1. The second-order valence-electron chi connectivity index (χ2n) is 13.3. The van der Waals surface area contributed by atoms with Gasteiger partial charge in [-0.2, -0.15) is 18.9 Å². The Morgan fingerprint density at radius 3 is 1.10 bits per heavy atom. The van der Waals surface area contributed by atoms with Crippen LogP contribution >= 0.6 is 11.8 Å². The molecular formula is C54H70O4SY-2. The maximum absolute atomic E-state index is 14.1. The van der Waals surface area contributed by atoms with E-state index in [1.807, 2.05) is 152 Å². The van der Waals surface area contributed by atoms with Crippen molar-refractivity contribution in [2.24, 2.45) is 0 Å². The number of rotatable bonds is 4. The molecule has 0 atom stereocenters. The van der Waals surface area contributed by atoms with Crippen molar-refractivity contribution in [1.82, 2.24) is 0 Å². The average Bonchev–Trinajstić information content (AvgIpc) is 3.25. The van der Waals surface area contributed by atoms with Gasteiger partial charge in [0.2, 0.25) is 0 Å². The first kappa shape index (κ1) is 56.0. The van der Waals surface area contributed by atoms with Crippen LogP contribution in [0.2, 0.25) is 0 Å². The van der Waals surface area contributed by atoms with Crippen LogP contribution < -0.4 is 9.84 Å². The molecule has 321 valence electrons. The fourth-order valence-corrected chi connectivity index (χ4v) is 7.04. The van der Waals surface area contributed by atoms with E-state index in [4.69, 9.17) is 4.74 Å². The normalized spacial score (nSPS) is 10.6. The first-order chi connectivity index (χ1) is 27.7. The number of benzene rings is 6. The summed E-state index contributed by atoms with van der Waals surface area (Å²) in [5, 5.41) is 37.6. The van der Waals surface area contributed by atoms with Crippen LogP contribution in [0.4, 0.5) is 0 Å². The zero-order valence-electron chi connectivity index (χ0n) is 36.3. The number of hydrogen-bond donors (Lipinski definition) is 2. The molecule has 0 fully saturated rings. The van der Waals surface area contributed by atoms with Gasteiger partial charge in [-0.3, -0.25) is 0 Å². The minimum atomic E-state index is -0.0767. The predicted molar refractivity (Wildman–Crippen MR) is 258 cm³/mol. The fraction of sp³-hybridized carbons (Fsp3) is 0.315. The van der Waals surface area contributed by atoms with Crippen LogP contribution in [0.1, 0.15) is 119 Å². The third-order valence-electron chi connectivity index (χ3n) is 9.48. The third-order valence-corrected chi connectivity index (χ3v) is 10.1. The maximum atomic E-state index is 14.1. The molecule has 1 radical (unpaired) electrons. The van der Waals surface area contributed by atoms with E-state index in [0.717, 1.165) is 55.6 Å². The third kappa shape index (κ3) is 14.3. The van der Waals surface area contributed by atoms with Gasteiger partial charge in [-0.25, -0.2) is 0 Å². The monoisotopic (exact) mass is 903 g/mol. The van der Waals surface area contributed by atoms with E-state index in [9.17, 15) is 15.3 Å². The number of aryl methyl sites for hydroxylation is 2. The zero-order valence-corrected chi connectivity index (χ0v) is 40.0. The van der Waals surface area contributed by atoms with Gasteiger partial charge in [-0.15, -0.1) is 5.75 Å². The summed E-state index contributed by atoms with van der Waals surface area (Å²) in [5.74, 6) is 2.14. The summed E-state index contributed by atoms with van der Waals surface area (Å²) < 4.78 is 5.85. The van der Waals surface area contributed by atoms with Crippen LogP contribution in [0.3, 0.4) is 0 Å². The molecule has 0 amide bonds. The largest absolute Gasteiger partial charge is 0.872 e. The van der Waals surface area contributed by atoms with E-state index >= 15 is 0 Å². The number of thioether (sulfide) groups is 1. The van der Waals surface area contributed by atoms with Crippen LogP contribution in [0.15, 0.2) is 109 Å². The van der Waals surface area contributed by atoms with Crippen molar-refractivity contribution >= 4 is 11.8 Å².